The molecule has 0 aliphatic carbocycles. The summed E-state index contributed by atoms with van der Waals surface area (Å²) in [6, 6.07) is 7.69. The van der Waals surface area contributed by atoms with E-state index in [9.17, 15) is 4.79 Å². The molecule has 1 aromatic carbocycles. The van der Waals surface area contributed by atoms with Gasteiger partial charge in [0.05, 0.1) is 12.2 Å². The third-order valence-electron chi connectivity index (χ3n) is 4.22. The van der Waals surface area contributed by atoms with Gasteiger partial charge in [0, 0.05) is 38.3 Å². The fraction of sp³-hybridized carbons (Fsp3) is 0.562. The molecule has 0 spiro atoms. The van der Waals surface area contributed by atoms with Crippen molar-refractivity contribution in [1.29, 1.82) is 0 Å². The van der Waals surface area contributed by atoms with Gasteiger partial charge < -0.3 is 15.8 Å². The van der Waals surface area contributed by atoms with Crippen LogP contribution in [0.4, 0.5) is 5.69 Å². The Hall–Kier alpha value is -1.43. The highest BCUT2D eigenvalue weighted by Crippen LogP contribution is 2.26. The lowest BCUT2D eigenvalue weighted by molar-refractivity contribution is -0.117. The molecule has 3 N–H and O–H groups in total. The quantitative estimate of drug-likeness (QED) is 0.858. The number of fused-ring (bicyclic) bond motifs is 2. The van der Waals surface area contributed by atoms with Gasteiger partial charge >= 0.3 is 0 Å². The van der Waals surface area contributed by atoms with Gasteiger partial charge in [0.25, 0.3) is 0 Å². The minimum atomic E-state index is 0.0583. The van der Waals surface area contributed by atoms with Crippen molar-refractivity contribution in [3.05, 3.63) is 29.8 Å². The van der Waals surface area contributed by atoms with Crippen molar-refractivity contribution in [2.24, 2.45) is 5.73 Å². The summed E-state index contributed by atoms with van der Waals surface area (Å²) in [5.74, 6) is 0.0583. The Labute approximate surface area is 125 Å². The van der Waals surface area contributed by atoms with Crippen LogP contribution in [0.5, 0.6) is 0 Å². The topological polar surface area (TPSA) is 67.6 Å². The number of nitrogens with zero attached hydrogens (tertiary/aromatic N) is 1. The van der Waals surface area contributed by atoms with Crippen molar-refractivity contribution < 1.29 is 9.53 Å². The Bertz CT molecular complexity index is 494. The maximum Gasteiger partial charge on any atom is 0.225 e. The number of carbonyl (C=O) groups is 1. The summed E-state index contributed by atoms with van der Waals surface area (Å²) in [7, 11) is 0. The predicted octanol–water partition coefficient (Wildman–Crippen LogP) is 1.34. The van der Waals surface area contributed by atoms with E-state index in [2.05, 4.69) is 10.2 Å². The maximum atomic E-state index is 12.0. The number of carbonyl (C=O) groups excluding carboxylic acids is 1. The third kappa shape index (κ3) is 3.81. The van der Waals surface area contributed by atoms with Crippen LogP contribution in [0.1, 0.15) is 24.8 Å². The van der Waals surface area contributed by atoms with Crippen LogP contribution in [0.15, 0.2) is 24.3 Å². The van der Waals surface area contributed by atoms with E-state index in [1.165, 1.54) is 12.8 Å². The van der Waals surface area contributed by atoms with Crippen LogP contribution in [0.3, 0.4) is 0 Å². The molecule has 0 radical (unpaired) electrons. The first kappa shape index (κ1) is 14.5. The number of hydrogen-bond donors (Lipinski definition) is 2. The SMILES string of the molecule is NCc1cccc(NC(=O)CCN2CC3CCC(C2)O3)c1. The van der Waals surface area contributed by atoms with Crippen LogP contribution in [0.2, 0.25) is 0 Å². The zero-order valence-corrected chi connectivity index (χ0v) is 12.3. The first-order chi connectivity index (χ1) is 10.2. The second kappa shape index (κ2) is 6.56. The zero-order valence-electron chi connectivity index (χ0n) is 12.3. The second-order valence-electron chi connectivity index (χ2n) is 5.92. The van der Waals surface area contributed by atoms with Crippen molar-refractivity contribution in [3.63, 3.8) is 0 Å². The minimum absolute atomic E-state index is 0.0583. The van der Waals surface area contributed by atoms with Crippen molar-refractivity contribution in [3.8, 4) is 0 Å². The molecule has 2 unspecified atom stereocenters. The molecular weight excluding hydrogens is 266 g/mol. The largest absolute Gasteiger partial charge is 0.372 e. The van der Waals surface area contributed by atoms with Crippen LogP contribution in [0, 0.1) is 0 Å². The van der Waals surface area contributed by atoms with Crippen LogP contribution in [0.25, 0.3) is 0 Å². The summed E-state index contributed by atoms with van der Waals surface area (Å²) in [5.41, 5.74) is 7.46. The summed E-state index contributed by atoms with van der Waals surface area (Å²) in [4.78, 5) is 14.4. The third-order valence-corrected chi connectivity index (χ3v) is 4.22. The highest BCUT2D eigenvalue weighted by Gasteiger charge is 2.33. The summed E-state index contributed by atoms with van der Waals surface area (Å²) in [6.45, 7) is 3.22. The molecule has 1 amide bonds. The molecule has 2 heterocycles. The van der Waals surface area contributed by atoms with E-state index in [-0.39, 0.29) is 5.91 Å². The summed E-state index contributed by atoms with van der Waals surface area (Å²) >= 11 is 0. The molecule has 2 bridgehead atoms. The van der Waals surface area contributed by atoms with Gasteiger partial charge in [-0.1, -0.05) is 12.1 Å². The Morgan fingerprint density at radius 3 is 2.81 bits per heavy atom. The molecule has 21 heavy (non-hydrogen) atoms. The Kier molecular flexibility index (Phi) is 4.53. The van der Waals surface area contributed by atoms with E-state index in [0.29, 0.717) is 25.2 Å². The lowest BCUT2D eigenvalue weighted by Crippen LogP contribution is -2.43. The number of morpholine rings is 1. The number of likely N-dealkylation sites (tertiary alicyclic amines) is 1. The number of anilines is 1. The Morgan fingerprint density at radius 2 is 2.10 bits per heavy atom. The van der Waals surface area contributed by atoms with Gasteiger partial charge in [0.1, 0.15) is 0 Å². The summed E-state index contributed by atoms with van der Waals surface area (Å²) in [6.07, 6.45) is 3.62. The zero-order chi connectivity index (χ0) is 14.7. The number of benzene rings is 1. The Morgan fingerprint density at radius 1 is 1.33 bits per heavy atom. The minimum Gasteiger partial charge on any atom is -0.372 e. The van der Waals surface area contributed by atoms with Crippen molar-refractivity contribution >= 4 is 11.6 Å². The lowest BCUT2D eigenvalue weighted by Gasteiger charge is -2.31. The van der Waals surface area contributed by atoms with Gasteiger partial charge in [0.15, 0.2) is 0 Å². The van der Waals surface area contributed by atoms with Gasteiger partial charge in [-0.2, -0.15) is 0 Å². The maximum absolute atomic E-state index is 12.0. The molecular formula is C16H23N3O2. The molecule has 5 nitrogen and oxygen atoms in total. The van der Waals surface area contributed by atoms with Gasteiger partial charge in [0.2, 0.25) is 5.91 Å². The van der Waals surface area contributed by atoms with Crippen molar-refractivity contribution in [2.45, 2.75) is 38.0 Å². The number of rotatable bonds is 5. The van der Waals surface area contributed by atoms with E-state index < -0.39 is 0 Å². The van der Waals surface area contributed by atoms with E-state index >= 15 is 0 Å². The normalized spacial score (nSPS) is 25.0. The monoisotopic (exact) mass is 289 g/mol. The smallest absolute Gasteiger partial charge is 0.225 e. The highest BCUT2D eigenvalue weighted by molar-refractivity contribution is 5.90. The van der Waals surface area contributed by atoms with Crippen molar-refractivity contribution in [1.82, 2.24) is 4.90 Å². The number of amides is 1. The van der Waals surface area contributed by atoms with Gasteiger partial charge in [-0.25, -0.2) is 0 Å². The highest BCUT2D eigenvalue weighted by atomic mass is 16.5. The second-order valence-corrected chi connectivity index (χ2v) is 5.92. The van der Waals surface area contributed by atoms with Gasteiger partial charge in [-0.05, 0) is 30.5 Å². The predicted molar refractivity (Wildman–Crippen MR) is 81.9 cm³/mol. The number of hydrogen-bond acceptors (Lipinski definition) is 4. The molecule has 3 rings (SSSR count). The van der Waals surface area contributed by atoms with E-state index in [4.69, 9.17) is 10.5 Å². The summed E-state index contributed by atoms with van der Waals surface area (Å²) in [5, 5.41) is 2.94. The van der Waals surface area contributed by atoms with Crippen molar-refractivity contribution in [2.75, 3.05) is 25.0 Å². The van der Waals surface area contributed by atoms with Gasteiger partial charge in [-0.15, -0.1) is 0 Å². The average molecular weight is 289 g/mol. The van der Waals surface area contributed by atoms with E-state index in [1.54, 1.807) is 0 Å². The number of ether oxygens (including phenoxy) is 1. The molecule has 2 aliphatic rings. The first-order valence-electron chi connectivity index (χ1n) is 7.69. The van der Waals surface area contributed by atoms with Crippen LogP contribution in [-0.4, -0.2) is 42.6 Å². The van der Waals surface area contributed by atoms with Crippen LogP contribution < -0.4 is 11.1 Å². The van der Waals surface area contributed by atoms with Gasteiger partial charge in [-0.3, -0.25) is 9.69 Å². The molecule has 2 saturated heterocycles. The molecule has 0 saturated carbocycles. The first-order valence-corrected chi connectivity index (χ1v) is 7.69. The Balaban J connectivity index is 1.46. The van der Waals surface area contributed by atoms with Crippen LogP contribution >= 0.6 is 0 Å². The standard InChI is InChI=1S/C16H23N3O2/c17-9-12-2-1-3-13(8-12)18-16(20)6-7-19-10-14-4-5-15(11-19)21-14/h1-3,8,14-15H,4-7,9-11,17H2,(H,18,20). The van der Waals surface area contributed by atoms with Crippen LogP contribution in [-0.2, 0) is 16.1 Å². The van der Waals surface area contributed by atoms with E-state index in [1.807, 2.05) is 24.3 Å². The number of nitrogens with one attached hydrogen (secondary N) is 1. The molecule has 5 heteroatoms. The molecule has 2 atom stereocenters. The summed E-state index contributed by atoms with van der Waals surface area (Å²) < 4.78 is 5.80. The molecule has 2 aliphatic heterocycles. The molecule has 0 aromatic heterocycles. The lowest BCUT2D eigenvalue weighted by atomic mass is 10.2. The number of nitrogens with two attached hydrogens (primary N) is 1. The molecule has 114 valence electrons. The molecule has 1 aromatic rings. The average Bonchev–Trinajstić information content (AvgIpc) is 2.84. The molecule has 2 fully saturated rings. The van der Waals surface area contributed by atoms with E-state index in [0.717, 1.165) is 30.9 Å². The fourth-order valence-corrected chi connectivity index (χ4v) is 3.14. The fourth-order valence-electron chi connectivity index (χ4n) is 3.14.